The predicted molar refractivity (Wildman–Crippen MR) is 166 cm³/mol. The molecule has 0 aliphatic rings. The van der Waals surface area contributed by atoms with E-state index in [1.165, 1.54) is 64.2 Å². The number of aryl methyl sites for hydroxylation is 1. The molecule has 0 aliphatic carbocycles. The molecule has 40 heavy (non-hydrogen) atoms. The van der Waals surface area contributed by atoms with Crippen LogP contribution in [0.15, 0.2) is 36.7 Å². The van der Waals surface area contributed by atoms with E-state index in [9.17, 15) is 8.78 Å². The van der Waals surface area contributed by atoms with Gasteiger partial charge in [-0.3, -0.25) is 0 Å². The highest BCUT2D eigenvalue weighted by atomic mass is 19.1. The summed E-state index contributed by atoms with van der Waals surface area (Å²) in [5, 5.41) is 0. The molecule has 0 fully saturated rings. The number of unbranched alkanes of at least 4 members (excludes halogenated alkanes) is 13. The average Bonchev–Trinajstić information content (AvgIpc) is 2.97. The SMILES string of the molecule is CCCCCCCCCCCCCC[C@@H](F)CCc1ccc(-c2ncc(OCC[C@@H](F)CCCCC)cn2)cc1. The van der Waals surface area contributed by atoms with Crippen LogP contribution in [-0.4, -0.2) is 28.9 Å². The highest BCUT2D eigenvalue weighted by molar-refractivity contribution is 5.55. The van der Waals surface area contributed by atoms with Crippen molar-refractivity contribution < 1.29 is 13.5 Å². The third kappa shape index (κ3) is 16.3. The Labute approximate surface area is 243 Å². The van der Waals surface area contributed by atoms with Gasteiger partial charge in [0.15, 0.2) is 11.6 Å². The second-order valence-corrected chi connectivity index (χ2v) is 11.5. The molecule has 0 saturated heterocycles. The molecule has 0 N–H and O–H groups in total. The molecule has 226 valence electrons. The van der Waals surface area contributed by atoms with Crippen LogP contribution in [0.25, 0.3) is 11.4 Å². The van der Waals surface area contributed by atoms with Gasteiger partial charge in [0.25, 0.3) is 0 Å². The van der Waals surface area contributed by atoms with E-state index >= 15 is 0 Å². The van der Waals surface area contributed by atoms with Crippen LogP contribution in [-0.2, 0) is 6.42 Å². The minimum atomic E-state index is -0.813. The maximum Gasteiger partial charge on any atom is 0.159 e. The topological polar surface area (TPSA) is 35.0 Å². The maximum absolute atomic E-state index is 14.4. The van der Waals surface area contributed by atoms with Crippen LogP contribution in [0, 0.1) is 0 Å². The van der Waals surface area contributed by atoms with Gasteiger partial charge in [0.05, 0.1) is 19.0 Å². The highest BCUT2D eigenvalue weighted by Gasteiger charge is 2.09. The zero-order chi connectivity index (χ0) is 28.7. The van der Waals surface area contributed by atoms with Gasteiger partial charge < -0.3 is 4.74 Å². The number of benzene rings is 1. The Morgan fingerprint density at radius 3 is 1.65 bits per heavy atom. The number of aromatic nitrogens is 2. The minimum absolute atomic E-state index is 0.333. The number of halogens is 2. The molecular formula is C35H56F2N2O. The van der Waals surface area contributed by atoms with Crippen molar-refractivity contribution in [3.8, 4) is 17.1 Å². The highest BCUT2D eigenvalue weighted by Crippen LogP contribution is 2.20. The zero-order valence-electron chi connectivity index (χ0n) is 25.5. The zero-order valence-corrected chi connectivity index (χ0v) is 25.5. The van der Waals surface area contributed by atoms with Crippen LogP contribution in [0.5, 0.6) is 5.75 Å². The fourth-order valence-corrected chi connectivity index (χ4v) is 5.10. The van der Waals surface area contributed by atoms with Gasteiger partial charge in [-0.15, -0.1) is 0 Å². The first kappa shape index (κ1) is 34.2. The number of rotatable bonds is 25. The Bertz CT molecular complexity index is 843. The van der Waals surface area contributed by atoms with Crippen LogP contribution in [0.3, 0.4) is 0 Å². The quantitative estimate of drug-likeness (QED) is 0.114. The van der Waals surface area contributed by atoms with E-state index < -0.39 is 12.3 Å². The summed E-state index contributed by atoms with van der Waals surface area (Å²) in [6, 6.07) is 8.07. The van der Waals surface area contributed by atoms with Crippen molar-refractivity contribution in [2.24, 2.45) is 0 Å². The van der Waals surface area contributed by atoms with Crippen molar-refractivity contribution in [2.45, 2.75) is 155 Å². The van der Waals surface area contributed by atoms with E-state index in [4.69, 9.17) is 4.74 Å². The van der Waals surface area contributed by atoms with Crippen LogP contribution >= 0.6 is 0 Å². The molecule has 0 unspecified atom stereocenters. The van der Waals surface area contributed by atoms with E-state index in [2.05, 4.69) is 23.8 Å². The largest absolute Gasteiger partial charge is 0.490 e. The lowest BCUT2D eigenvalue weighted by atomic mass is 10.0. The molecule has 2 rings (SSSR count). The van der Waals surface area contributed by atoms with E-state index in [0.717, 1.165) is 49.7 Å². The van der Waals surface area contributed by atoms with Crippen molar-refractivity contribution in [1.82, 2.24) is 9.97 Å². The first-order valence-electron chi connectivity index (χ1n) is 16.4. The lowest BCUT2D eigenvalue weighted by molar-refractivity contribution is 0.222. The molecule has 1 heterocycles. The van der Waals surface area contributed by atoms with Crippen molar-refractivity contribution in [3.05, 3.63) is 42.2 Å². The van der Waals surface area contributed by atoms with Crippen molar-refractivity contribution in [3.63, 3.8) is 0 Å². The maximum atomic E-state index is 14.4. The third-order valence-corrected chi connectivity index (χ3v) is 7.78. The Kier molecular flexibility index (Phi) is 19.3. The van der Waals surface area contributed by atoms with Crippen molar-refractivity contribution in [1.29, 1.82) is 0 Å². The molecule has 0 saturated carbocycles. The average molecular weight is 559 g/mol. The number of alkyl halides is 2. The second kappa shape index (κ2) is 22.6. The fourth-order valence-electron chi connectivity index (χ4n) is 5.10. The summed E-state index contributed by atoms with van der Waals surface area (Å²) in [4.78, 5) is 8.81. The molecule has 1 aromatic heterocycles. The van der Waals surface area contributed by atoms with Gasteiger partial charge in [-0.05, 0) is 31.2 Å². The number of nitrogens with zero attached hydrogens (tertiary/aromatic N) is 2. The molecule has 0 aliphatic heterocycles. The Morgan fingerprint density at radius 1 is 0.600 bits per heavy atom. The van der Waals surface area contributed by atoms with Crippen LogP contribution < -0.4 is 4.74 Å². The smallest absolute Gasteiger partial charge is 0.159 e. The molecule has 0 spiro atoms. The number of ether oxygens (including phenoxy) is 1. The number of hydrogen-bond acceptors (Lipinski definition) is 3. The van der Waals surface area contributed by atoms with Crippen LogP contribution in [0.2, 0.25) is 0 Å². The minimum Gasteiger partial charge on any atom is -0.490 e. The summed E-state index contributed by atoms with van der Waals surface area (Å²) in [5.74, 6) is 1.18. The lowest BCUT2D eigenvalue weighted by Gasteiger charge is -2.10. The Morgan fingerprint density at radius 2 is 1.07 bits per heavy atom. The summed E-state index contributed by atoms with van der Waals surface area (Å²) in [7, 11) is 0. The molecule has 2 aromatic rings. The van der Waals surface area contributed by atoms with Crippen molar-refractivity contribution in [2.75, 3.05) is 6.61 Å². The Balaban J connectivity index is 1.54. The summed E-state index contributed by atoms with van der Waals surface area (Å²) in [5.41, 5.74) is 2.06. The summed E-state index contributed by atoms with van der Waals surface area (Å²) < 4.78 is 33.9. The van der Waals surface area contributed by atoms with Gasteiger partial charge in [0, 0.05) is 12.0 Å². The molecule has 0 bridgehead atoms. The molecule has 3 nitrogen and oxygen atoms in total. The fraction of sp³-hybridized carbons (Fsp3) is 0.714. The van der Waals surface area contributed by atoms with Gasteiger partial charge in [-0.2, -0.15) is 0 Å². The van der Waals surface area contributed by atoms with Gasteiger partial charge in [-0.1, -0.05) is 134 Å². The standard InChI is InChI=1S/C35H56F2N2O/c1-3-5-7-8-9-10-11-12-13-14-15-17-19-32(36)25-22-30-20-23-31(24-21-30)35-38-28-34(29-39-35)40-27-26-33(37)18-16-6-4-2/h20-21,23-24,28-29,32-33H,3-19,22,25-27H2,1-2H3/t32-,33+/m1/s1. The second-order valence-electron chi connectivity index (χ2n) is 11.5. The van der Waals surface area contributed by atoms with Crippen LogP contribution in [0.4, 0.5) is 8.78 Å². The summed E-state index contributed by atoms with van der Waals surface area (Å²) in [6.07, 6.45) is 23.6. The Hall–Kier alpha value is -2.04. The third-order valence-electron chi connectivity index (χ3n) is 7.78. The van der Waals surface area contributed by atoms with E-state index in [1.54, 1.807) is 12.4 Å². The molecule has 0 radical (unpaired) electrons. The summed E-state index contributed by atoms with van der Waals surface area (Å²) in [6.45, 7) is 4.72. The first-order chi connectivity index (χ1) is 19.6. The van der Waals surface area contributed by atoms with Crippen LogP contribution in [0.1, 0.15) is 141 Å². The monoisotopic (exact) mass is 558 g/mol. The predicted octanol–water partition coefficient (Wildman–Crippen LogP) is 11.2. The van der Waals surface area contributed by atoms with E-state index in [1.807, 2.05) is 24.3 Å². The summed E-state index contributed by atoms with van der Waals surface area (Å²) >= 11 is 0. The molecule has 5 heteroatoms. The van der Waals surface area contributed by atoms with Gasteiger partial charge in [-0.25, -0.2) is 18.7 Å². The van der Waals surface area contributed by atoms with Gasteiger partial charge in [0.1, 0.15) is 12.3 Å². The first-order valence-corrected chi connectivity index (χ1v) is 16.4. The normalized spacial score (nSPS) is 12.9. The molecule has 0 amide bonds. The van der Waals surface area contributed by atoms with E-state index in [-0.39, 0.29) is 0 Å². The van der Waals surface area contributed by atoms with Gasteiger partial charge >= 0.3 is 0 Å². The lowest BCUT2D eigenvalue weighted by Crippen LogP contribution is -2.08. The number of hydrogen-bond donors (Lipinski definition) is 0. The molecular weight excluding hydrogens is 502 g/mol. The van der Waals surface area contributed by atoms with Gasteiger partial charge in [0.2, 0.25) is 0 Å². The van der Waals surface area contributed by atoms with E-state index in [0.29, 0.717) is 43.9 Å². The molecule has 2 atom stereocenters. The molecule has 1 aromatic carbocycles. The van der Waals surface area contributed by atoms with Crippen molar-refractivity contribution >= 4 is 0 Å².